The van der Waals surface area contributed by atoms with Gasteiger partial charge in [0.2, 0.25) is 10.0 Å². The Labute approximate surface area is 184 Å². The van der Waals surface area contributed by atoms with Gasteiger partial charge in [0.15, 0.2) is 5.96 Å². The van der Waals surface area contributed by atoms with E-state index in [4.69, 9.17) is 28.3 Å². The first-order chi connectivity index (χ1) is 11.7. The highest BCUT2D eigenvalue weighted by molar-refractivity contribution is 14.0. The van der Waals surface area contributed by atoms with E-state index in [1.807, 2.05) is 14.0 Å². The quantitative estimate of drug-likeness (QED) is 0.292. The monoisotopic (exact) mass is 551 g/mol. The molecule has 0 aromatic carbocycles. The molecule has 0 aliphatic carbocycles. The summed E-state index contributed by atoms with van der Waals surface area (Å²) < 4.78 is 24.5. The highest BCUT2D eigenvalue weighted by Crippen LogP contribution is 2.25. The van der Waals surface area contributed by atoms with Crippen LogP contribution in [0.2, 0.25) is 10.2 Å². The molecular weight excluding hydrogens is 532 g/mol. The molecule has 7 nitrogen and oxygen atoms in total. The highest BCUT2D eigenvalue weighted by Gasteiger charge is 2.12. The van der Waals surface area contributed by atoms with Gasteiger partial charge in [0.25, 0.3) is 0 Å². The number of primary sulfonamides is 1. The van der Waals surface area contributed by atoms with E-state index >= 15 is 0 Å². The Balaban J connectivity index is 0.00000338. The minimum absolute atomic E-state index is 0. The Bertz CT molecular complexity index is 880. The molecule has 0 fully saturated rings. The van der Waals surface area contributed by atoms with Crippen molar-refractivity contribution in [3.63, 3.8) is 0 Å². The molecule has 2 aromatic heterocycles. The van der Waals surface area contributed by atoms with Crippen molar-refractivity contribution in [1.29, 1.82) is 0 Å². The van der Waals surface area contributed by atoms with Crippen LogP contribution in [-0.4, -0.2) is 25.5 Å². The molecule has 2 rings (SSSR count). The molecular formula is C14H20Cl2IN5O2S2. The van der Waals surface area contributed by atoms with Crippen molar-refractivity contribution in [2.75, 3.05) is 6.54 Å². The molecule has 0 radical (unpaired) electrons. The van der Waals surface area contributed by atoms with E-state index in [1.165, 1.54) is 6.07 Å². The third kappa shape index (κ3) is 6.27. The number of aliphatic imine (C=N–C) groups is 1. The van der Waals surface area contributed by atoms with Crippen LogP contribution in [0.15, 0.2) is 27.4 Å². The van der Waals surface area contributed by atoms with Crippen LogP contribution in [-0.2, 0) is 30.2 Å². The molecule has 2 aromatic rings. The van der Waals surface area contributed by atoms with Gasteiger partial charge in [-0.25, -0.2) is 18.5 Å². The second kappa shape index (κ2) is 10.1. The SMILES string of the molecule is CCNC(=NCc1cc(Cl)c(Cl)n1C)NCc1ccc(S(N)(=O)=O)s1.I. The first-order valence-corrected chi connectivity index (χ1v) is 10.5. The van der Waals surface area contributed by atoms with E-state index < -0.39 is 10.0 Å². The fourth-order valence-electron chi connectivity index (χ4n) is 2.02. The lowest BCUT2D eigenvalue weighted by Gasteiger charge is -2.10. The summed E-state index contributed by atoms with van der Waals surface area (Å²) in [6.45, 7) is 3.47. The Hall–Kier alpha value is -0.530. The van der Waals surface area contributed by atoms with Crippen molar-refractivity contribution in [3.8, 4) is 0 Å². The van der Waals surface area contributed by atoms with Gasteiger partial charge >= 0.3 is 0 Å². The van der Waals surface area contributed by atoms with Crippen LogP contribution in [0.25, 0.3) is 0 Å². The van der Waals surface area contributed by atoms with Crippen LogP contribution in [0.5, 0.6) is 0 Å². The van der Waals surface area contributed by atoms with Gasteiger partial charge in [-0.15, -0.1) is 35.3 Å². The van der Waals surface area contributed by atoms with Crippen molar-refractivity contribution in [3.05, 3.63) is 38.9 Å². The van der Waals surface area contributed by atoms with E-state index in [9.17, 15) is 8.42 Å². The maximum atomic E-state index is 11.3. The Morgan fingerprint density at radius 2 is 2.04 bits per heavy atom. The van der Waals surface area contributed by atoms with Crippen molar-refractivity contribution < 1.29 is 8.42 Å². The Morgan fingerprint density at radius 3 is 2.54 bits per heavy atom. The second-order valence-corrected chi connectivity index (χ2v) is 8.87. The maximum absolute atomic E-state index is 11.3. The summed E-state index contributed by atoms with van der Waals surface area (Å²) in [7, 11) is -1.85. The highest BCUT2D eigenvalue weighted by atomic mass is 127. The molecule has 0 saturated carbocycles. The molecule has 0 unspecified atom stereocenters. The summed E-state index contributed by atoms with van der Waals surface area (Å²) in [4.78, 5) is 5.32. The van der Waals surface area contributed by atoms with Crippen molar-refractivity contribution in [1.82, 2.24) is 15.2 Å². The predicted octanol–water partition coefficient (Wildman–Crippen LogP) is 2.91. The molecule has 26 heavy (non-hydrogen) atoms. The summed E-state index contributed by atoms with van der Waals surface area (Å²) in [6, 6.07) is 4.99. The molecule has 0 aliphatic heterocycles. The number of hydrogen-bond acceptors (Lipinski definition) is 4. The number of nitrogens with zero attached hydrogens (tertiary/aromatic N) is 2. The zero-order valence-electron chi connectivity index (χ0n) is 14.1. The van der Waals surface area contributed by atoms with Gasteiger partial charge in [-0.3, -0.25) is 0 Å². The van der Waals surface area contributed by atoms with Crippen molar-refractivity contribution in [2.24, 2.45) is 17.2 Å². The standard InChI is InChI=1S/C14H19Cl2N5O2S2.HI/c1-3-18-14(19-7-9-6-11(15)13(16)21(9)2)20-8-10-4-5-12(24-10)25(17,22)23;/h4-6H,3,7-8H2,1-2H3,(H2,17,22,23)(H2,18,19,20);1H. The lowest BCUT2D eigenvalue weighted by atomic mass is 10.4. The van der Waals surface area contributed by atoms with E-state index in [2.05, 4.69) is 15.6 Å². The smallest absolute Gasteiger partial charge is 0.247 e. The number of nitrogens with two attached hydrogens (primary N) is 1. The van der Waals surface area contributed by atoms with Gasteiger partial charge in [-0.05, 0) is 25.1 Å². The third-order valence-corrected chi connectivity index (χ3v) is 6.67. The minimum atomic E-state index is -3.67. The zero-order valence-corrected chi connectivity index (χ0v) is 19.6. The van der Waals surface area contributed by atoms with E-state index in [0.717, 1.165) is 21.9 Å². The number of halogens is 3. The first-order valence-electron chi connectivity index (χ1n) is 7.35. The number of rotatable bonds is 6. The molecule has 0 aliphatic rings. The van der Waals surface area contributed by atoms with Gasteiger partial charge in [0, 0.05) is 24.2 Å². The molecule has 4 N–H and O–H groups in total. The predicted molar refractivity (Wildman–Crippen MR) is 118 cm³/mol. The van der Waals surface area contributed by atoms with Crippen LogP contribution in [0.1, 0.15) is 17.5 Å². The van der Waals surface area contributed by atoms with E-state index in [0.29, 0.717) is 35.8 Å². The molecule has 12 heteroatoms. The molecule has 0 saturated heterocycles. The summed E-state index contributed by atoms with van der Waals surface area (Å²) in [5.74, 6) is 0.599. The van der Waals surface area contributed by atoms with Crippen molar-refractivity contribution in [2.45, 2.75) is 24.2 Å². The van der Waals surface area contributed by atoms with Crippen LogP contribution < -0.4 is 15.8 Å². The number of sulfonamides is 1. The number of hydrogen-bond donors (Lipinski definition) is 3. The zero-order chi connectivity index (χ0) is 18.6. The molecule has 146 valence electrons. The Morgan fingerprint density at radius 1 is 1.35 bits per heavy atom. The van der Waals surface area contributed by atoms with Gasteiger partial charge in [0.05, 0.1) is 18.1 Å². The summed E-state index contributed by atoms with van der Waals surface area (Å²) in [6.07, 6.45) is 0. The Kier molecular flexibility index (Phi) is 9.16. The lowest BCUT2D eigenvalue weighted by Crippen LogP contribution is -2.36. The maximum Gasteiger partial charge on any atom is 0.247 e. The largest absolute Gasteiger partial charge is 0.357 e. The number of guanidine groups is 1. The lowest BCUT2D eigenvalue weighted by molar-refractivity contribution is 0.600. The average molecular weight is 552 g/mol. The van der Waals surface area contributed by atoms with Crippen molar-refractivity contribution >= 4 is 74.5 Å². The third-order valence-electron chi connectivity index (χ3n) is 3.31. The molecule has 2 heterocycles. The minimum Gasteiger partial charge on any atom is -0.357 e. The van der Waals surface area contributed by atoms with Gasteiger partial charge < -0.3 is 15.2 Å². The molecule has 0 amide bonds. The summed E-state index contributed by atoms with van der Waals surface area (Å²) in [5, 5.41) is 12.4. The van der Waals surface area contributed by atoms with E-state index in [1.54, 1.807) is 16.7 Å². The van der Waals surface area contributed by atoms with Gasteiger partial charge in [-0.2, -0.15) is 0 Å². The fourth-order valence-corrected chi connectivity index (χ4v) is 4.15. The number of aromatic nitrogens is 1. The van der Waals surface area contributed by atoms with Crippen LogP contribution >= 0.6 is 58.5 Å². The number of nitrogens with one attached hydrogen (secondary N) is 2. The van der Waals surface area contributed by atoms with Crippen LogP contribution in [0.3, 0.4) is 0 Å². The van der Waals surface area contributed by atoms with Crippen LogP contribution in [0.4, 0.5) is 0 Å². The topological polar surface area (TPSA) is 102 Å². The van der Waals surface area contributed by atoms with Gasteiger partial charge in [0.1, 0.15) is 9.36 Å². The number of thiophene rings is 1. The second-order valence-electron chi connectivity index (χ2n) is 5.15. The molecule has 0 spiro atoms. The van der Waals surface area contributed by atoms with Gasteiger partial charge in [-0.1, -0.05) is 23.2 Å². The first kappa shape index (κ1) is 23.5. The van der Waals surface area contributed by atoms with E-state index in [-0.39, 0.29) is 28.2 Å². The average Bonchev–Trinajstić information content (AvgIpc) is 3.11. The fraction of sp³-hybridized carbons (Fsp3) is 0.357. The molecule has 0 bridgehead atoms. The van der Waals surface area contributed by atoms with Crippen LogP contribution in [0, 0.1) is 0 Å². The molecule has 0 atom stereocenters. The summed E-state index contributed by atoms with van der Waals surface area (Å²) >= 11 is 13.2. The summed E-state index contributed by atoms with van der Waals surface area (Å²) in [5.41, 5.74) is 0.875. The normalized spacial score (nSPS) is 12.0.